The lowest BCUT2D eigenvalue weighted by atomic mass is 9.86. The van der Waals surface area contributed by atoms with Gasteiger partial charge in [0.15, 0.2) is 11.5 Å². The van der Waals surface area contributed by atoms with Gasteiger partial charge in [0.05, 0.1) is 19.3 Å². The average Bonchev–Trinajstić information content (AvgIpc) is 3.19. The highest BCUT2D eigenvalue weighted by atomic mass is 16.5. The molecule has 1 N–H and O–H groups in total. The minimum absolute atomic E-state index is 0.00347. The SMILES string of the molecule is C=CCN1CC(=O)N2[C@H](c3ccc(OC(C)C)c(OC)c3)c3[nH]c4ccccc4c3C[C@H]2C1=O. The molecule has 176 valence electrons. The van der Waals surface area contributed by atoms with Gasteiger partial charge in [-0.3, -0.25) is 9.59 Å². The van der Waals surface area contributed by atoms with E-state index in [1.165, 1.54) is 0 Å². The molecular weight excluding hydrogens is 430 g/mol. The van der Waals surface area contributed by atoms with Crippen LogP contribution in [0.25, 0.3) is 10.9 Å². The lowest BCUT2D eigenvalue weighted by Crippen LogP contribution is -2.62. The van der Waals surface area contributed by atoms with Crippen LogP contribution < -0.4 is 9.47 Å². The first-order valence-electron chi connectivity index (χ1n) is 11.6. The van der Waals surface area contributed by atoms with E-state index in [0.29, 0.717) is 24.5 Å². The second-order valence-electron chi connectivity index (χ2n) is 9.07. The summed E-state index contributed by atoms with van der Waals surface area (Å²) in [4.78, 5) is 33.8. The van der Waals surface area contributed by atoms with Crippen molar-refractivity contribution in [2.45, 2.75) is 38.5 Å². The van der Waals surface area contributed by atoms with Gasteiger partial charge < -0.3 is 24.3 Å². The van der Waals surface area contributed by atoms with Crippen LogP contribution in [0.4, 0.5) is 0 Å². The number of amides is 2. The predicted molar refractivity (Wildman–Crippen MR) is 130 cm³/mol. The summed E-state index contributed by atoms with van der Waals surface area (Å²) in [5, 5.41) is 1.08. The van der Waals surface area contributed by atoms with Crippen LogP contribution in [0.5, 0.6) is 11.5 Å². The second kappa shape index (κ2) is 8.56. The summed E-state index contributed by atoms with van der Waals surface area (Å²) in [7, 11) is 1.60. The average molecular weight is 460 g/mol. The summed E-state index contributed by atoms with van der Waals surface area (Å²) in [6.45, 7) is 8.07. The molecule has 2 atom stereocenters. The molecule has 1 fully saturated rings. The molecule has 0 saturated carbocycles. The van der Waals surface area contributed by atoms with Crippen molar-refractivity contribution in [3.05, 3.63) is 71.9 Å². The number of H-pyrrole nitrogens is 1. The van der Waals surface area contributed by atoms with Crippen molar-refractivity contribution in [2.24, 2.45) is 0 Å². The van der Waals surface area contributed by atoms with Gasteiger partial charge in [-0.15, -0.1) is 6.58 Å². The van der Waals surface area contributed by atoms with Crippen molar-refractivity contribution in [2.75, 3.05) is 20.2 Å². The highest BCUT2D eigenvalue weighted by Crippen LogP contribution is 2.44. The van der Waals surface area contributed by atoms with Gasteiger partial charge in [-0.05, 0) is 43.2 Å². The Kier molecular flexibility index (Phi) is 5.55. The first kappa shape index (κ1) is 22.1. The fourth-order valence-electron chi connectivity index (χ4n) is 5.19. The van der Waals surface area contributed by atoms with Crippen LogP contribution >= 0.6 is 0 Å². The van der Waals surface area contributed by atoms with Gasteiger partial charge in [-0.2, -0.15) is 0 Å². The zero-order valence-corrected chi connectivity index (χ0v) is 19.7. The van der Waals surface area contributed by atoms with E-state index < -0.39 is 12.1 Å². The number of aromatic nitrogens is 1. The molecule has 0 unspecified atom stereocenters. The Labute approximate surface area is 198 Å². The van der Waals surface area contributed by atoms with Crippen LogP contribution in [-0.2, 0) is 16.0 Å². The largest absolute Gasteiger partial charge is 0.493 e. The Balaban J connectivity index is 1.68. The summed E-state index contributed by atoms with van der Waals surface area (Å²) >= 11 is 0. The number of nitrogens with zero attached hydrogens (tertiary/aromatic N) is 2. The molecule has 2 aromatic carbocycles. The molecule has 1 saturated heterocycles. The van der Waals surface area contributed by atoms with Gasteiger partial charge in [0.2, 0.25) is 11.8 Å². The molecular formula is C27H29N3O4. The number of aromatic amines is 1. The van der Waals surface area contributed by atoms with Crippen molar-refractivity contribution in [1.82, 2.24) is 14.8 Å². The molecule has 3 aromatic rings. The molecule has 0 radical (unpaired) electrons. The summed E-state index contributed by atoms with van der Waals surface area (Å²) in [5.74, 6) is 1.10. The van der Waals surface area contributed by atoms with Gasteiger partial charge in [-0.25, -0.2) is 0 Å². The normalized spacial score (nSPS) is 19.9. The fourth-order valence-corrected chi connectivity index (χ4v) is 5.19. The van der Waals surface area contributed by atoms with E-state index in [1.807, 2.05) is 50.2 Å². The van der Waals surface area contributed by atoms with Crippen LogP contribution in [-0.4, -0.2) is 58.9 Å². The Hall–Kier alpha value is -3.74. The molecule has 7 nitrogen and oxygen atoms in total. The lowest BCUT2D eigenvalue weighted by Gasteiger charge is -2.47. The molecule has 0 spiro atoms. The van der Waals surface area contributed by atoms with Crippen molar-refractivity contribution in [1.29, 1.82) is 0 Å². The zero-order valence-electron chi connectivity index (χ0n) is 19.7. The fraction of sp³-hybridized carbons (Fsp3) is 0.333. The number of para-hydroxylation sites is 1. The maximum atomic E-state index is 13.5. The summed E-state index contributed by atoms with van der Waals surface area (Å²) in [5.41, 5.74) is 3.87. The van der Waals surface area contributed by atoms with Crippen LogP contribution in [0.15, 0.2) is 55.1 Å². The molecule has 2 aliphatic rings. The minimum Gasteiger partial charge on any atom is -0.493 e. The maximum Gasteiger partial charge on any atom is 0.246 e. The van der Waals surface area contributed by atoms with Gasteiger partial charge in [0, 0.05) is 29.6 Å². The second-order valence-corrected chi connectivity index (χ2v) is 9.07. The van der Waals surface area contributed by atoms with Crippen molar-refractivity contribution >= 4 is 22.7 Å². The molecule has 34 heavy (non-hydrogen) atoms. The molecule has 0 bridgehead atoms. The number of benzene rings is 2. The quantitative estimate of drug-likeness (QED) is 0.569. The standard InChI is InChI=1S/C27H29N3O4/c1-5-12-29-15-24(31)30-21(27(29)32)14-19-18-8-6-7-9-20(18)28-25(19)26(30)17-10-11-22(34-16(2)3)23(13-17)33-4/h5-11,13,16,21,26,28H,1,12,14-15H2,2-4H3/t21-,26+/m0/s1. The number of carbonyl (C=O) groups is 2. The van der Waals surface area contributed by atoms with E-state index in [2.05, 4.69) is 17.6 Å². The topological polar surface area (TPSA) is 74.9 Å². The van der Waals surface area contributed by atoms with E-state index in [0.717, 1.165) is 27.7 Å². The highest BCUT2D eigenvalue weighted by Gasteiger charge is 2.48. The molecule has 0 aliphatic carbocycles. The number of hydrogen-bond acceptors (Lipinski definition) is 4. The summed E-state index contributed by atoms with van der Waals surface area (Å²) in [6.07, 6.45) is 2.13. The van der Waals surface area contributed by atoms with Crippen molar-refractivity contribution in [3.63, 3.8) is 0 Å². The van der Waals surface area contributed by atoms with E-state index in [-0.39, 0.29) is 24.5 Å². The van der Waals surface area contributed by atoms with E-state index in [9.17, 15) is 9.59 Å². The number of piperazine rings is 1. The van der Waals surface area contributed by atoms with Crippen LogP contribution in [0, 0.1) is 0 Å². The Morgan fingerprint density at radius 1 is 1.18 bits per heavy atom. The third-order valence-corrected chi connectivity index (χ3v) is 6.56. The Morgan fingerprint density at radius 2 is 1.97 bits per heavy atom. The van der Waals surface area contributed by atoms with Crippen LogP contribution in [0.2, 0.25) is 0 Å². The number of nitrogens with one attached hydrogen (secondary N) is 1. The van der Waals surface area contributed by atoms with Crippen molar-refractivity contribution in [3.8, 4) is 11.5 Å². The maximum absolute atomic E-state index is 13.5. The summed E-state index contributed by atoms with van der Waals surface area (Å²) < 4.78 is 11.5. The van der Waals surface area contributed by atoms with Gasteiger partial charge in [0.25, 0.3) is 0 Å². The van der Waals surface area contributed by atoms with Crippen LogP contribution in [0.1, 0.15) is 36.7 Å². The first-order chi connectivity index (χ1) is 16.4. The van der Waals surface area contributed by atoms with E-state index >= 15 is 0 Å². The van der Waals surface area contributed by atoms with Crippen LogP contribution in [0.3, 0.4) is 0 Å². The number of rotatable bonds is 6. The molecule has 7 heteroatoms. The monoisotopic (exact) mass is 459 g/mol. The number of carbonyl (C=O) groups excluding carboxylic acids is 2. The zero-order chi connectivity index (χ0) is 24.0. The van der Waals surface area contributed by atoms with E-state index in [1.54, 1.807) is 23.0 Å². The third-order valence-electron chi connectivity index (χ3n) is 6.56. The highest BCUT2D eigenvalue weighted by molar-refractivity contribution is 5.97. The molecule has 2 amide bonds. The number of methoxy groups -OCH3 is 1. The van der Waals surface area contributed by atoms with Gasteiger partial charge in [-0.1, -0.05) is 30.3 Å². The Morgan fingerprint density at radius 3 is 2.71 bits per heavy atom. The summed E-state index contributed by atoms with van der Waals surface area (Å²) in [6, 6.07) is 12.8. The number of ether oxygens (including phenoxy) is 2. The lowest BCUT2D eigenvalue weighted by molar-refractivity contribution is -0.158. The first-order valence-corrected chi connectivity index (χ1v) is 11.6. The third kappa shape index (κ3) is 3.52. The van der Waals surface area contributed by atoms with Gasteiger partial charge in [0.1, 0.15) is 12.6 Å². The van der Waals surface area contributed by atoms with Gasteiger partial charge >= 0.3 is 0 Å². The molecule has 3 heterocycles. The number of fused-ring (bicyclic) bond motifs is 4. The minimum atomic E-state index is -0.574. The molecule has 1 aromatic heterocycles. The molecule has 5 rings (SSSR count). The van der Waals surface area contributed by atoms with E-state index in [4.69, 9.17) is 9.47 Å². The van der Waals surface area contributed by atoms with Crippen molar-refractivity contribution < 1.29 is 19.1 Å². The number of hydrogen-bond donors (Lipinski definition) is 1. The molecule has 2 aliphatic heterocycles. The Bertz CT molecular complexity index is 1280. The smallest absolute Gasteiger partial charge is 0.246 e. The predicted octanol–water partition coefficient (Wildman–Crippen LogP) is 3.83.